The summed E-state index contributed by atoms with van der Waals surface area (Å²) < 4.78 is 4.87. The summed E-state index contributed by atoms with van der Waals surface area (Å²) in [5.74, 6) is 0.567. The van der Waals surface area contributed by atoms with Crippen molar-refractivity contribution in [3.05, 3.63) is 48.4 Å². The highest BCUT2D eigenvalue weighted by Gasteiger charge is 2.38. The molecule has 2 atom stereocenters. The highest BCUT2D eigenvalue weighted by atomic mass is 16.3. The normalized spacial score (nSPS) is 21.8. The van der Waals surface area contributed by atoms with E-state index in [4.69, 9.17) is 4.42 Å². The lowest BCUT2D eigenvalue weighted by Crippen LogP contribution is -2.45. The van der Waals surface area contributed by atoms with E-state index in [0.29, 0.717) is 25.2 Å². The number of nitrogens with zero attached hydrogens (tertiary/aromatic N) is 3. The zero-order valence-corrected chi connectivity index (χ0v) is 16.4. The van der Waals surface area contributed by atoms with Crippen LogP contribution >= 0.6 is 0 Å². The predicted molar refractivity (Wildman–Crippen MR) is 106 cm³/mol. The number of aromatic nitrogens is 2. The Hall–Kier alpha value is -2.74. The zero-order valence-electron chi connectivity index (χ0n) is 16.4. The van der Waals surface area contributed by atoms with Gasteiger partial charge in [0.1, 0.15) is 6.26 Å². The van der Waals surface area contributed by atoms with Crippen LogP contribution in [-0.2, 0) is 11.3 Å². The van der Waals surface area contributed by atoms with E-state index in [0.717, 1.165) is 30.9 Å². The van der Waals surface area contributed by atoms with Gasteiger partial charge >= 0.3 is 0 Å². The third kappa shape index (κ3) is 5.41. The van der Waals surface area contributed by atoms with Crippen LogP contribution in [0.3, 0.4) is 0 Å². The van der Waals surface area contributed by atoms with Gasteiger partial charge in [0.15, 0.2) is 12.1 Å². The van der Waals surface area contributed by atoms with E-state index in [1.807, 2.05) is 12.1 Å². The summed E-state index contributed by atoms with van der Waals surface area (Å²) in [5.41, 5.74) is 1.29. The molecular weight excluding hydrogens is 370 g/mol. The lowest BCUT2D eigenvalue weighted by Gasteiger charge is -2.30. The van der Waals surface area contributed by atoms with E-state index in [2.05, 4.69) is 25.5 Å². The highest BCUT2D eigenvalue weighted by molar-refractivity contribution is 5.91. The third-order valence-corrected chi connectivity index (χ3v) is 5.73. The topological polar surface area (TPSA) is 100 Å². The molecule has 1 aliphatic heterocycles. The zero-order chi connectivity index (χ0) is 20.1. The fraction of sp³-hybridized carbons (Fsp3) is 0.524. The number of nitrogens with one attached hydrogen (secondary N) is 2. The number of amides is 2. The van der Waals surface area contributed by atoms with Gasteiger partial charge in [-0.3, -0.25) is 19.5 Å². The summed E-state index contributed by atoms with van der Waals surface area (Å²) in [6.45, 7) is 2.07. The number of carbonyl (C=O) groups excluding carboxylic acids is 2. The Kier molecular flexibility index (Phi) is 6.19. The lowest BCUT2D eigenvalue weighted by atomic mass is 10.1. The van der Waals surface area contributed by atoms with Gasteiger partial charge in [-0.1, -0.05) is 6.07 Å². The van der Waals surface area contributed by atoms with Crippen LogP contribution < -0.4 is 10.6 Å². The number of hydrogen-bond donors (Lipinski definition) is 2. The van der Waals surface area contributed by atoms with Crippen LogP contribution in [0.1, 0.15) is 48.2 Å². The number of carbonyl (C=O) groups is 2. The monoisotopic (exact) mass is 397 g/mol. The molecule has 29 heavy (non-hydrogen) atoms. The van der Waals surface area contributed by atoms with Crippen LogP contribution in [0.5, 0.6) is 0 Å². The van der Waals surface area contributed by atoms with E-state index in [1.165, 1.54) is 25.5 Å². The first kappa shape index (κ1) is 19.6. The number of hydrogen-bond acceptors (Lipinski definition) is 6. The van der Waals surface area contributed by atoms with Gasteiger partial charge in [0.25, 0.3) is 5.91 Å². The fourth-order valence-electron chi connectivity index (χ4n) is 3.97. The lowest BCUT2D eigenvalue weighted by molar-refractivity contribution is -0.122. The second-order valence-corrected chi connectivity index (χ2v) is 7.95. The smallest absolute Gasteiger partial charge is 0.273 e. The Morgan fingerprint density at radius 3 is 2.76 bits per heavy atom. The molecule has 154 valence electrons. The standard InChI is InChI=1S/C21H27N5O3/c27-20(23-10-16-2-1-7-22-9-16)8-17-5-6-18(26(17)12-15-3-4-15)11-24-21(28)19-13-29-14-25-19/h1-2,7,9,13-15,17-18H,3-6,8,10-12H2,(H,23,27)(H,24,28)/t17-,18+/m1/s1. The van der Waals surface area contributed by atoms with Crippen molar-refractivity contribution in [2.75, 3.05) is 13.1 Å². The SMILES string of the molecule is O=C(C[C@H]1CC[C@@H](CNC(=O)c2cocn2)N1CC1CC1)NCc1cccnc1. The molecule has 0 radical (unpaired) electrons. The van der Waals surface area contributed by atoms with Crippen molar-refractivity contribution < 1.29 is 14.0 Å². The van der Waals surface area contributed by atoms with Crippen LogP contribution in [0.4, 0.5) is 0 Å². The van der Waals surface area contributed by atoms with Crippen molar-refractivity contribution in [2.24, 2.45) is 5.92 Å². The number of likely N-dealkylation sites (tertiary alicyclic amines) is 1. The maximum Gasteiger partial charge on any atom is 0.273 e. The van der Waals surface area contributed by atoms with E-state index in [9.17, 15) is 9.59 Å². The van der Waals surface area contributed by atoms with E-state index in [1.54, 1.807) is 12.4 Å². The van der Waals surface area contributed by atoms with Crippen molar-refractivity contribution in [1.82, 2.24) is 25.5 Å². The average molecular weight is 397 g/mol. The third-order valence-electron chi connectivity index (χ3n) is 5.73. The molecule has 1 saturated carbocycles. The average Bonchev–Trinajstić information content (AvgIpc) is 3.23. The number of pyridine rings is 1. The van der Waals surface area contributed by atoms with Crippen LogP contribution in [0, 0.1) is 5.92 Å². The van der Waals surface area contributed by atoms with Crippen molar-refractivity contribution >= 4 is 11.8 Å². The molecule has 4 rings (SSSR count). The van der Waals surface area contributed by atoms with E-state index >= 15 is 0 Å². The van der Waals surface area contributed by atoms with Gasteiger partial charge in [-0.25, -0.2) is 4.98 Å². The Morgan fingerprint density at radius 1 is 1.17 bits per heavy atom. The molecule has 8 heteroatoms. The summed E-state index contributed by atoms with van der Waals surface area (Å²) in [5, 5.41) is 5.97. The van der Waals surface area contributed by atoms with E-state index < -0.39 is 0 Å². The second-order valence-electron chi connectivity index (χ2n) is 7.95. The molecule has 2 aromatic heterocycles. The quantitative estimate of drug-likeness (QED) is 0.669. The molecule has 2 fully saturated rings. The molecule has 2 N–H and O–H groups in total. The summed E-state index contributed by atoms with van der Waals surface area (Å²) in [6.07, 6.45) is 11.0. The first-order valence-electron chi connectivity index (χ1n) is 10.3. The van der Waals surface area contributed by atoms with Gasteiger partial charge in [-0.15, -0.1) is 0 Å². The number of oxazole rings is 1. The van der Waals surface area contributed by atoms with Gasteiger partial charge in [0.05, 0.1) is 0 Å². The Bertz CT molecular complexity index is 807. The summed E-state index contributed by atoms with van der Waals surface area (Å²) in [4.78, 5) is 35.1. The molecule has 3 heterocycles. The molecule has 2 amide bonds. The highest BCUT2D eigenvalue weighted by Crippen LogP contribution is 2.35. The molecule has 8 nitrogen and oxygen atoms in total. The molecule has 0 spiro atoms. The molecule has 0 bridgehead atoms. The van der Waals surface area contributed by atoms with Crippen molar-refractivity contribution in [2.45, 2.75) is 50.7 Å². The predicted octanol–water partition coefficient (Wildman–Crippen LogP) is 1.75. The molecule has 0 unspecified atom stereocenters. The Morgan fingerprint density at radius 2 is 2.03 bits per heavy atom. The minimum absolute atomic E-state index is 0.0620. The largest absolute Gasteiger partial charge is 0.451 e. The fourth-order valence-corrected chi connectivity index (χ4v) is 3.97. The first-order valence-corrected chi connectivity index (χ1v) is 10.3. The summed E-state index contributed by atoms with van der Waals surface area (Å²) >= 11 is 0. The molecule has 1 aliphatic carbocycles. The molecule has 1 saturated heterocycles. The van der Waals surface area contributed by atoms with Gasteiger partial charge in [-0.05, 0) is 43.2 Å². The van der Waals surface area contributed by atoms with Gasteiger partial charge in [-0.2, -0.15) is 0 Å². The molecule has 2 aliphatic rings. The van der Waals surface area contributed by atoms with Crippen molar-refractivity contribution in [3.63, 3.8) is 0 Å². The van der Waals surface area contributed by atoms with Crippen LogP contribution in [0.15, 0.2) is 41.6 Å². The summed E-state index contributed by atoms with van der Waals surface area (Å²) in [7, 11) is 0. The number of rotatable bonds is 9. The van der Waals surface area contributed by atoms with Gasteiger partial charge in [0, 0.05) is 50.5 Å². The van der Waals surface area contributed by atoms with Gasteiger partial charge in [0.2, 0.25) is 5.91 Å². The van der Waals surface area contributed by atoms with Crippen LogP contribution in [0.2, 0.25) is 0 Å². The first-order chi connectivity index (χ1) is 14.2. The van der Waals surface area contributed by atoms with Gasteiger partial charge < -0.3 is 15.1 Å². The van der Waals surface area contributed by atoms with Crippen molar-refractivity contribution in [3.8, 4) is 0 Å². The Balaban J connectivity index is 1.29. The molecule has 0 aromatic carbocycles. The van der Waals surface area contributed by atoms with Crippen LogP contribution in [0.25, 0.3) is 0 Å². The Labute approximate surface area is 170 Å². The molecule has 2 aromatic rings. The minimum Gasteiger partial charge on any atom is -0.451 e. The summed E-state index contributed by atoms with van der Waals surface area (Å²) in [6, 6.07) is 4.30. The maximum atomic E-state index is 12.5. The van der Waals surface area contributed by atoms with Crippen molar-refractivity contribution in [1.29, 1.82) is 0 Å². The second kappa shape index (κ2) is 9.17. The minimum atomic E-state index is -0.220. The maximum absolute atomic E-state index is 12.5. The van der Waals surface area contributed by atoms with Crippen LogP contribution in [-0.4, -0.2) is 51.9 Å². The molecular formula is C21H27N5O3. The van der Waals surface area contributed by atoms with E-state index in [-0.39, 0.29) is 23.9 Å².